The minimum Gasteiger partial charge on any atom is -0.465 e. The van der Waals surface area contributed by atoms with Gasteiger partial charge < -0.3 is 14.2 Å². The van der Waals surface area contributed by atoms with Gasteiger partial charge in [-0.3, -0.25) is 5.41 Å². The van der Waals surface area contributed by atoms with Crippen LogP contribution < -0.4 is 21.0 Å². The Kier molecular flexibility index (Phi) is 8.21. The molecule has 0 radical (unpaired) electrons. The van der Waals surface area contributed by atoms with Crippen LogP contribution in [0.1, 0.15) is 56.0 Å². The number of esters is 3. The number of carbonyl (C=O) groups excluding carboxylic acids is 3. The molecule has 2 N–H and O–H groups in total. The van der Waals surface area contributed by atoms with Gasteiger partial charge in [0.15, 0.2) is 5.56 Å². The predicted molar refractivity (Wildman–Crippen MR) is 145 cm³/mol. The molecule has 2 aromatic heterocycles. The van der Waals surface area contributed by atoms with Gasteiger partial charge >= 0.3 is 23.5 Å². The number of nitrogens with two attached hydrogens (primary N) is 1. The summed E-state index contributed by atoms with van der Waals surface area (Å²) in [6.07, 6.45) is 1.60. The summed E-state index contributed by atoms with van der Waals surface area (Å²) in [7, 11) is 1.26. The third-order valence-corrected chi connectivity index (χ3v) is 7.03. The van der Waals surface area contributed by atoms with Gasteiger partial charge in [-0.05, 0) is 55.3 Å². The zero-order chi connectivity index (χ0) is 29.0. The molecule has 4 aromatic rings. The Balaban J connectivity index is 1.99. The second-order valence-corrected chi connectivity index (χ2v) is 9.34. The molecule has 0 spiro atoms. The van der Waals surface area contributed by atoms with Gasteiger partial charge in [-0.25, -0.2) is 19.2 Å². The molecule has 0 atom stereocenters. The molecule has 0 saturated carbocycles. The number of hydrogen-bond donors (Lipinski definition) is 1. The van der Waals surface area contributed by atoms with Crippen molar-refractivity contribution < 1.29 is 34.0 Å². The SMILES string of the molecule is CCOC(=O)c1ccc(/C=c2\sc3c(C(=O)OCC)c(-c4ccc(C(=O)OC)cc4)c(C#N)c(=[NH2+])n3c2=O)cc1. The first-order valence-electron chi connectivity index (χ1n) is 12.1. The van der Waals surface area contributed by atoms with E-state index in [-0.39, 0.29) is 50.3 Å². The Hall–Kier alpha value is -5.08. The van der Waals surface area contributed by atoms with Crippen LogP contribution in [0.4, 0.5) is 0 Å². The monoisotopic (exact) mass is 558 g/mol. The highest BCUT2D eigenvalue weighted by atomic mass is 32.1. The van der Waals surface area contributed by atoms with Crippen molar-refractivity contribution >= 4 is 40.2 Å². The third-order valence-electron chi connectivity index (χ3n) is 5.94. The third kappa shape index (κ3) is 5.12. The fraction of sp³-hybridized carbons (Fsp3) is 0.172. The summed E-state index contributed by atoms with van der Waals surface area (Å²) in [5.74, 6) is -1.75. The fourth-order valence-corrected chi connectivity index (χ4v) is 5.25. The first-order valence-corrected chi connectivity index (χ1v) is 13.0. The zero-order valence-electron chi connectivity index (χ0n) is 21.8. The van der Waals surface area contributed by atoms with Crippen molar-refractivity contribution in [2.45, 2.75) is 13.8 Å². The van der Waals surface area contributed by atoms with E-state index >= 15 is 0 Å². The Bertz CT molecular complexity index is 1850. The van der Waals surface area contributed by atoms with Crippen molar-refractivity contribution in [2.24, 2.45) is 0 Å². The maximum Gasteiger partial charge on any atom is 0.357 e. The topological polar surface area (TPSA) is 150 Å². The van der Waals surface area contributed by atoms with Gasteiger partial charge in [-0.15, -0.1) is 4.40 Å². The molecule has 0 unspecified atom stereocenters. The van der Waals surface area contributed by atoms with Gasteiger partial charge in [0.05, 0.1) is 31.5 Å². The van der Waals surface area contributed by atoms with Gasteiger partial charge in [-0.2, -0.15) is 5.26 Å². The first kappa shape index (κ1) is 27.9. The minimum atomic E-state index is -0.741. The van der Waals surface area contributed by atoms with Gasteiger partial charge in [0.1, 0.15) is 16.2 Å². The van der Waals surface area contributed by atoms with E-state index < -0.39 is 23.5 Å². The van der Waals surface area contributed by atoms with E-state index in [1.54, 1.807) is 56.3 Å². The molecule has 2 aromatic carbocycles. The average molecular weight is 559 g/mol. The Morgan fingerprint density at radius 2 is 1.52 bits per heavy atom. The van der Waals surface area contributed by atoms with Crippen LogP contribution in [0.15, 0.2) is 53.3 Å². The van der Waals surface area contributed by atoms with E-state index in [4.69, 9.17) is 19.6 Å². The largest absolute Gasteiger partial charge is 0.465 e. The molecular weight excluding hydrogens is 534 g/mol. The molecule has 0 aliphatic rings. The van der Waals surface area contributed by atoms with Crippen LogP contribution in [0.3, 0.4) is 0 Å². The fourth-order valence-electron chi connectivity index (χ4n) is 4.11. The molecule has 0 aliphatic carbocycles. The number of hydrogen-bond acceptors (Lipinski definition) is 9. The van der Waals surface area contributed by atoms with E-state index in [9.17, 15) is 24.4 Å². The zero-order valence-corrected chi connectivity index (χ0v) is 22.7. The summed E-state index contributed by atoms with van der Waals surface area (Å²) in [6.45, 7) is 3.66. The lowest BCUT2D eigenvalue weighted by Crippen LogP contribution is -2.54. The van der Waals surface area contributed by atoms with Crippen LogP contribution >= 0.6 is 11.3 Å². The smallest absolute Gasteiger partial charge is 0.357 e. The Labute approximate surface area is 231 Å². The van der Waals surface area contributed by atoms with E-state index in [1.165, 1.54) is 19.2 Å². The van der Waals surface area contributed by atoms with Crippen molar-refractivity contribution in [3.05, 3.63) is 96.7 Å². The molecule has 0 saturated heterocycles. The number of thiazole rings is 1. The number of nitriles is 1. The summed E-state index contributed by atoms with van der Waals surface area (Å²) in [6, 6.07) is 14.6. The number of ether oxygens (including phenoxy) is 3. The van der Waals surface area contributed by atoms with E-state index in [2.05, 4.69) is 0 Å². The van der Waals surface area contributed by atoms with E-state index in [0.29, 0.717) is 16.7 Å². The lowest BCUT2D eigenvalue weighted by molar-refractivity contribution is -0.180. The number of pyridine rings is 1. The number of benzene rings is 2. The van der Waals surface area contributed by atoms with Crippen LogP contribution in [0.25, 0.3) is 22.0 Å². The van der Waals surface area contributed by atoms with Crippen molar-refractivity contribution in [3.63, 3.8) is 0 Å². The average Bonchev–Trinajstić information content (AvgIpc) is 3.28. The molecule has 4 rings (SSSR count). The number of fused-ring (bicyclic) bond motifs is 1. The highest BCUT2D eigenvalue weighted by molar-refractivity contribution is 7.15. The molecule has 0 bridgehead atoms. The first-order chi connectivity index (χ1) is 19.2. The maximum absolute atomic E-state index is 13.5. The number of nitrogens with zero attached hydrogens (tertiary/aromatic N) is 2. The number of methoxy groups -OCH3 is 1. The lowest BCUT2D eigenvalue weighted by Gasteiger charge is -2.11. The predicted octanol–water partition coefficient (Wildman–Crippen LogP) is 1.25. The van der Waals surface area contributed by atoms with Crippen LogP contribution in [0.2, 0.25) is 0 Å². The number of rotatable bonds is 7. The molecule has 10 nitrogen and oxygen atoms in total. The summed E-state index contributed by atoms with van der Waals surface area (Å²) < 4.78 is 16.4. The van der Waals surface area contributed by atoms with Crippen LogP contribution in [-0.4, -0.2) is 42.6 Å². The van der Waals surface area contributed by atoms with Crippen LogP contribution in [0.5, 0.6) is 0 Å². The molecule has 2 heterocycles. The van der Waals surface area contributed by atoms with Crippen molar-refractivity contribution in [1.82, 2.24) is 4.40 Å². The van der Waals surface area contributed by atoms with Crippen LogP contribution in [0, 0.1) is 11.3 Å². The lowest BCUT2D eigenvalue weighted by atomic mass is 9.95. The van der Waals surface area contributed by atoms with Gasteiger partial charge in [0.2, 0.25) is 4.83 Å². The highest BCUT2D eigenvalue weighted by Crippen LogP contribution is 2.30. The molecule has 40 heavy (non-hydrogen) atoms. The summed E-state index contributed by atoms with van der Waals surface area (Å²) >= 11 is 1.01. The van der Waals surface area contributed by atoms with Crippen molar-refractivity contribution in [1.29, 1.82) is 5.26 Å². The highest BCUT2D eigenvalue weighted by Gasteiger charge is 2.30. The normalized spacial score (nSPS) is 11.2. The molecule has 0 fully saturated rings. The van der Waals surface area contributed by atoms with Crippen molar-refractivity contribution in [2.75, 3.05) is 20.3 Å². The molecule has 0 aliphatic heterocycles. The van der Waals surface area contributed by atoms with E-state index in [1.807, 2.05) is 6.07 Å². The maximum atomic E-state index is 13.5. The van der Waals surface area contributed by atoms with Gasteiger partial charge in [0, 0.05) is 5.56 Å². The molecule has 0 amide bonds. The molecular formula is C29H24N3O7S+. The second kappa shape index (κ2) is 11.8. The Morgan fingerprint density at radius 3 is 2.10 bits per heavy atom. The van der Waals surface area contributed by atoms with Gasteiger partial charge in [-0.1, -0.05) is 35.6 Å². The second-order valence-electron chi connectivity index (χ2n) is 8.31. The standard InChI is InChI=1S/C29H23N3O7S/c1-4-38-28(35)19-8-6-16(7-9-19)14-21-25(33)32-24(31)20(15-30)22(23(26(32)40-21)29(36)39-5-2)17-10-12-18(13-11-17)27(34)37-3/h6-14,31H,4-5H2,1-3H3/p+1/b21-14-,31-24?. The number of aromatic nitrogens is 1. The quantitative estimate of drug-likeness (QED) is 0.263. The van der Waals surface area contributed by atoms with Crippen molar-refractivity contribution in [3.8, 4) is 17.2 Å². The molecule has 11 heteroatoms. The minimum absolute atomic E-state index is 0.00201. The summed E-state index contributed by atoms with van der Waals surface area (Å²) in [5.41, 5.74) is 1.09. The summed E-state index contributed by atoms with van der Waals surface area (Å²) in [5, 5.41) is 16.4. The summed E-state index contributed by atoms with van der Waals surface area (Å²) in [4.78, 5) is 50.8. The van der Waals surface area contributed by atoms with E-state index in [0.717, 1.165) is 15.7 Å². The Morgan fingerprint density at radius 1 is 0.950 bits per heavy atom. The molecule has 202 valence electrons. The van der Waals surface area contributed by atoms with Crippen LogP contribution in [-0.2, 0) is 14.2 Å². The van der Waals surface area contributed by atoms with Gasteiger partial charge in [0.25, 0.3) is 5.49 Å². The number of carbonyl (C=O) groups is 3.